The van der Waals surface area contributed by atoms with Gasteiger partial charge in [0.05, 0.1) is 0 Å². The fraction of sp³-hybridized carbons (Fsp3) is 1.00. The van der Waals surface area contributed by atoms with Crippen molar-refractivity contribution in [3.8, 4) is 0 Å². The molecule has 0 aromatic heterocycles. The summed E-state index contributed by atoms with van der Waals surface area (Å²) in [6.45, 7) is 6.42. The van der Waals surface area contributed by atoms with E-state index in [1.54, 1.807) is 0 Å². The second-order valence-corrected chi connectivity index (χ2v) is 11.2. The van der Waals surface area contributed by atoms with E-state index in [4.69, 9.17) is 22.7 Å². The summed E-state index contributed by atoms with van der Waals surface area (Å²) in [4.78, 5) is 0. The number of hydrogen-bond donors (Lipinski definition) is 0. The molecule has 0 aliphatic rings. The van der Waals surface area contributed by atoms with Crippen LogP contribution in [0.3, 0.4) is 0 Å². The first kappa shape index (κ1) is 11.8. The molecular weight excluding hydrogens is 195 g/mol. The minimum atomic E-state index is -1.57. The number of rotatable bonds is 5. The molecule has 0 amide bonds. The predicted molar refractivity (Wildman–Crippen MR) is 57.1 cm³/mol. The van der Waals surface area contributed by atoms with Crippen LogP contribution in [0.25, 0.3) is 0 Å². The molecule has 11 heavy (non-hydrogen) atoms. The van der Waals surface area contributed by atoms with E-state index in [-0.39, 0.29) is 5.00 Å². The van der Waals surface area contributed by atoms with Crippen molar-refractivity contribution in [2.45, 2.75) is 50.7 Å². The summed E-state index contributed by atoms with van der Waals surface area (Å²) in [6, 6.07) is 0. The van der Waals surface area contributed by atoms with Crippen molar-refractivity contribution in [2.24, 2.45) is 0 Å². The lowest BCUT2D eigenvalue weighted by molar-refractivity contribution is 0.688. The van der Waals surface area contributed by atoms with Gasteiger partial charge < -0.3 is 0 Å². The summed E-state index contributed by atoms with van der Waals surface area (Å²) in [6.07, 6.45) is 4.87. The zero-order chi connectivity index (χ0) is 8.91. The van der Waals surface area contributed by atoms with Crippen LogP contribution in [0.1, 0.15) is 32.6 Å². The third kappa shape index (κ3) is 6.00. The normalized spacial score (nSPS) is 15.0. The molecule has 0 aromatic rings. The second-order valence-electron chi connectivity index (χ2n) is 3.53. The summed E-state index contributed by atoms with van der Waals surface area (Å²) in [5.74, 6) is 0. The first-order valence-corrected chi connectivity index (χ1v) is 8.84. The molecule has 0 spiro atoms. The maximum atomic E-state index is 6.17. The Morgan fingerprint density at radius 3 is 2.18 bits per heavy atom. The van der Waals surface area contributed by atoms with Gasteiger partial charge in [-0.3, -0.25) is 0 Å². The topological polar surface area (TPSA) is 0 Å². The molecule has 0 aromatic carbocycles. The minimum Gasteiger partial charge on any atom is -0.166 e. The molecular formula is C8H18Cl2Si. The Morgan fingerprint density at radius 2 is 1.82 bits per heavy atom. The highest BCUT2D eigenvalue weighted by Gasteiger charge is 2.27. The van der Waals surface area contributed by atoms with Crippen LogP contribution in [-0.2, 0) is 0 Å². The molecule has 0 aliphatic carbocycles. The van der Waals surface area contributed by atoms with Gasteiger partial charge in [0.2, 0.25) is 0 Å². The van der Waals surface area contributed by atoms with E-state index in [9.17, 15) is 0 Å². The molecule has 1 atom stereocenters. The van der Waals surface area contributed by atoms with Crippen LogP contribution >= 0.6 is 22.7 Å². The minimum absolute atomic E-state index is 0.246. The standard InChI is InChI=1S/C8H18Cl2Si/c1-4-5-6-7-8(9)11(2,3)10/h8H,4-7H2,1-3H3. The van der Waals surface area contributed by atoms with Crippen LogP contribution in [0, 0.1) is 0 Å². The molecule has 0 saturated carbocycles. The van der Waals surface area contributed by atoms with Gasteiger partial charge in [-0.05, 0) is 6.42 Å². The zero-order valence-corrected chi connectivity index (χ0v) is 10.2. The Hall–Kier alpha value is 0.797. The molecule has 0 bridgehead atoms. The first-order valence-electron chi connectivity index (χ1n) is 4.31. The lowest BCUT2D eigenvalue weighted by atomic mass is 10.2. The van der Waals surface area contributed by atoms with Crippen molar-refractivity contribution in [3.63, 3.8) is 0 Å². The third-order valence-electron chi connectivity index (χ3n) is 1.81. The van der Waals surface area contributed by atoms with E-state index in [1.807, 2.05) is 0 Å². The van der Waals surface area contributed by atoms with Crippen LogP contribution < -0.4 is 0 Å². The molecule has 0 aliphatic heterocycles. The summed E-state index contributed by atoms with van der Waals surface area (Å²) in [5.41, 5.74) is 0. The van der Waals surface area contributed by atoms with Gasteiger partial charge >= 0.3 is 0 Å². The number of unbranched alkanes of at least 4 members (excludes halogenated alkanes) is 2. The van der Waals surface area contributed by atoms with Gasteiger partial charge in [0.15, 0.2) is 7.38 Å². The van der Waals surface area contributed by atoms with Gasteiger partial charge in [-0.15, -0.1) is 11.6 Å². The summed E-state index contributed by atoms with van der Waals surface area (Å²) in [5, 5.41) is 0.246. The lowest BCUT2D eigenvalue weighted by Crippen LogP contribution is -2.31. The Labute approximate surface area is 81.0 Å². The molecule has 3 heteroatoms. The molecule has 0 heterocycles. The Balaban J connectivity index is 3.44. The van der Waals surface area contributed by atoms with Crippen LogP contribution in [0.4, 0.5) is 0 Å². The lowest BCUT2D eigenvalue weighted by Gasteiger charge is -2.19. The predicted octanol–water partition coefficient (Wildman–Crippen LogP) is 4.16. The second kappa shape index (κ2) is 5.44. The fourth-order valence-electron chi connectivity index (χ4n) is 0.917. The molecule has 0 fully saturated rings. The third-order valence-corrected chi connectivity index (χ3v) is 6.56. The molecule has 0 N–H and O–H groups in total. The maximum Gasteiger partial charge on any atom is 0.168 e. The number of hydrogen-bond acceptors (Lipinski definition) is 0. The van der Waals surface area contributed by atoms with E-state index in [2.05, 4.69) is 20.0 Å². The van der Waals surface area contributed by atoms with Crippen molar-refractivity contribution in [1.29, 1.82) is 0 Å². The van der Waals surface area contributed by atoms with Gasteiger partial charge in [-0.2, -0.15) is 11.1 Å². The SMILES string of the molecule is CCCCCC(Cl)[Si](C)(C)Cl. The van der Waals surface area contributed by atoms with Gasteiger partial charge in [0.1, 0.15) is 0 Å². The smallest absolute Gasteiger partial charge is 0.166 e. The summed E-state index contributed by atoms with van der Waals surface area (Å²) >= 11 is 12.3. The van der Waals surface area contributed by atoms with Gasteiger partial charge in [0, 0.05) is 5.00 Å². The number of alkyl halides is 1. The van der Waals surface area contributed by atoms with Crippen LogP contribution in [0.5, 0.6) is 0 Å². The van der Waals surface area contributed by atoms with Crippen molar-refractivity contribution in [3.05, 3.63) is 0 Å². The number of halogens is 2. The molecule has 0 nitrogen and oxygen atoms in total. The van der Waals surface area contributed by atoms with Gasteiger partial charge in [-0.25, -0.2) is 0 Å². The maximum absolute atomic E-state index is 6.17. The van der Waals surface area contributed by atoms with Crippen LogP contribution in [-0.4, -0.2) is 12.4 Å². The van der Waals surface area contributed by atoms with Crippen molar-refractivity contribution < 1.29 is 0 Å². The largest absolute Gasteiger partial charge is 0.168 e. The average molecular weight is 213 g/mol. The fourth-order valence-corrected chi connectivity index (χ4v) is 2.29. The highest BCUT2D eigenvalue weighted by Crippen LogP contribution is 2.23. The summed E-state index contributed by atoms with van der Waals surface area (Å²) < 4.78 is 0. The van der Waals surface area contributed by atoms with Crippen molar-refractivity contribution in [2.75, 3.05) is 0 Å². The van der Waals surface area contributed by atoms with Gasteiger partial charge in [0.25, 0.3) is 0 Å². The van der Waals surface area contributed by atoms with Gasteiger partial charge in [-0.1, -0.05) is 39.3 Å². The molecule has 0 rings (SSSR count). The highest BCUT2D eigenvalue weighted by molar-refractivity contribution is 7.22. The molecule has 0 radical (unpaired) electrons. The van der Waals surface area contributed by atoms with Crippen LogP contribution in [0.2, 0.25) is 13.1 Å². The Bertz CT molecular complexity index is 98.8. The molecule has 68 valence electrons. The quantitative estimate of drug-likeness (QED) is 0.278. The van der Waals surface area contributed by atoms with E-state index in [0.29, 0.717) is 0 Å². The van der Waals surface area contributed by atoms with Crippen molar-refractivity contribution in [1.82, 2.24) is 0 Å². The summed E-state index contributed by atoms with van der Waals surface area (Å²) in [7, 11) is -1.57. The van der Waals surface area contributed by atoms with E-state index >= 15 is 0 Å². The van der Waals surface area contributed by atoms with E-state index in [0.717, 1.165) is 6.42 Å². The van der Waals surface area contributed by atoms with Crippen LogP contribution in [0.15, 0.2) is 0 Å². The Morgan fingerprint density at radius 1 is 1.27 bits per heavy atom. The average Bonchev–Trinajstić information content (AvgIpc) is 1.86. The highest BCUT2D eigenvalue weighted by atomic mass is 35.6. The zero-order valence-electron chi connectivity index (χ0n) is 7.66. The molecule has 1 unspecified atom stereocenters. The first-order chi connectivity index (χ1) is 4.98. The molecule has 0 saturated heterocycles. The Kier molecular flexibility index (Phi) is 5.84. The van der Waals surface area contributed by atoms with E-state index in [1.165, 1.54) is 19.3 Å². The van der Waals surface area contributed by atoms with Crippen molar-refractivity contribution >= 4 is 30.1 Å². The monoisotopic (exact) mass is 212 g/mol. The van der Waals surface area contributed by atoms with E-state index < -0.39 is 7.38 Å².